The third kappa shape index (κ3) is 5.76. The van der Waals surface area contributed by atoms with E-state index >= 15 is 0 Å². The van der Waals surface area contributed by atoms with E-state index in [1.54, 1.807) is 6.20 Å². The second-order valence-corrected chi connectivity index (χ2v) is 13.5. The summed E-state index contributed by atoms with van der Waals surface area (Å²) < 4.78 is 5.90. The fourth-order valence-electron chi connectivity index (χ4n) is 7.48. The lowest BCUT2D eigenvalue weighted by Crippen LogP contribution is -2.09. The molecule has 0 aliphatic rings. The number of hydrogen-bond acceptors (Lipinski definition) is 4. The van der Waals surface area contributed by atoms with Gasteiger partial charge in [0.25, 0.3) is 0 Å². The summed E-state index contributed by atoms with van der Waals surface area (Å²) in [4.78, 5) is 11.2. The van der Waals surface area contributed by atoms with E-state index in [1.807, 2.05) is 12.1 Å². The van der Waals surface area contributed by atoms with Gasteiger partial charge in [-0.15, -0.1) is 0 Å². The van der Waals surface area contributed by atoms with Gasteiger partial charge < -0.3 is 9.32 Å². The topological polar surface area (TPSA) is 42.2 Å². The first-order valence-electron chi connectivity index (χ1n) is 18.1. The minimum Gasteiger partial charge on any atom is -0.418 e. The number of anilines is 3. The van der Waals surface area contributed by atoms with Crippen molar-refractivity contribution in [3.05, 3.63) is 200 Å². The highest BCUT2D eigenvalue weighted by Gasteiger charge is 2.15. The minimum atomic E-state index is 0.545. The number of benzene rings is 8. The maximum absolute atomic E-state index is 5.90. The van der Waals surface area contributed by atoms with Gasteiger partial charge >= 0.3 is 0 Å². The van der Waals surface area contributed by atoms with Crippen LogP contribution in [0.4, 0.5) is 17.1 Å². The molecule has 0 amide bonds. The Balaban J connectivity index is 1.00. The molecule has 10 rings (SSSR count). The van der Waals surface area contributed by atoms with Crippen LogP contribution in [0.15, 0.2) is 205 Å². The van der Waals surface area contributed by atoms with Crippen molar-refractivity contribution in [2.75, 3.05) is 4.90 Å². The highest BCUT2D eigenvalue weighted by molar-refractivity contribution is 5.98. The average molecular weight is 692 g/mol. The Morgan fingerprint density at radius 3 is 1.33 bits per heavy atom. The second kappa shape index (κ2) is 13.4. The monoisotopic (exact) mass is 691 g/mol. The molecule has 254 valence electrons. The summed E-state index contributed by atoms with van der Waals surface area (Å²) >= 11 is 0. The first-order chi connectivity index (χ1) is 26.7. The number of rotatable bonds is 7. The third-order valence-electron chi connectivity index (χ3n) is 10.2. The molecule has 4 heteroatoms. The van der Waals surface area contributed by atoms with E-state index in [0.717, 1.165) is 39.3 Å². The van der Waals surface area contributed by atoms with Crippen molar-refractivity contribution in [1.82, 2.24) is 9.97 Å². The Morgan fingerprint density at radius 1 is 0.370 bits per heavy atom. The molecular weight excluding hydrogens is 659 g/mol. The van der Waals surface area contributed by atoms with E-state index in [2.05, 4.69) is 197 Å². The zero-order chi connectivity index (χ0) is 35.8. The van der Waals surface area contributed by atoms with Gasteiger partial charge in [-0.05, 0) is 116 Å². The number of nitrogens with zero attached hydrogens (tertiary/aromatic N) is 3. The summed E-state index contributed by atoms with van der Waals surface area (Å²) in [6.07, 6.45) is 1.72. The van der Waals surface area contributed by atoms with Gasteiger partial charge in [-0.1, -0.05) is 133 Å². The SMILES string of the molecule is c1ccc2c(-c3ccc(N(c4ccc(-c5ccc(-c6nc7cccnc7o6)cc5)cc4)c4ccc(-c5cccc6ccccc56)cc4)cc3)cccc2c1. The van der Waals surface area contributed by atoms with E-state index in [0.29, 0.717) is 11.6 Å². The highest BCUT2D eigenvalue weighted by Crippen LogP contribution is 2.39. The molecule has 0 N–H and O–H groups in total. The smallest absolute Gasteiger partial charge is 0.247 e. The maximum Gasteiger partial charge on any atom is 0.247 e. The summed E-state index contributed by atoms with van der Waals surface area (Å²) in [5.74, 6) is 0.569. The van der Waals surface area contributed by atoms with Crippen molar-refractivity contribution in [3.8, 4) is 44.8 Å². The van der Waals surface area contributed by atoms with Gasteiger partial charge in [0, 0.05) is 28.8 Å². The van der Waals surface area contributed by atoms with Crippen LogP contribution in [-0.2, 0) is 0 Å². The lowest BCUT2D eigenvalue weighted by atomic mass is 9.97. The minimum absolute atomic E-state index is 0.545. The molecule has 54 heavy (non-hydrogen) atoms. The van der Waals surface area contributed by atoms with Crippen molar-refractivity contribution in [3.63, 3.8) is 0 Å². The largest absolute Gasteiger partial charge is 0.418 e. The predicted octanol–water partition coefficient (Wildman–Crippen LogP) is 13.7. The number of aromatic nitrogens is 2. The Morgan fingerprint density at radius 2 is 0.815 bits per heavy atom. The van der Waals surface area contributed by atoms with Crippen LogP contribution in [0, 0.1) is 0 Å². The van der Waals surface area contributed by atoms with Crippen LogP contribution in [0.1, 0.15) is 0 Å². The van der Waals surface area contributed by atoms with Gasteiger partial charge in [0.1, 0.15) is 5.52 Å². The van der Waals surface area contributed by atoms with Gasteiger partial charge in [0.05, 0.1) is 0 Å². The van der Waals surface area contributed by atoms with E-state index in [4.69, 9.17) is 4.42 Å². The number of fused-ring (bicyclic) bond motifs is 3. The van der Waals surface area contributed by atoms with Crippen molar-refractivity contribution in [1.29, 1.82) is 0 Å². The molecule has 0 radical (unpaired) electrons. The van der Waals surface area contributed by atoms with Gasteiger partial charge in [-0.2, -0.15) is 0 Å². The van der Waals surface area contributed by atoms with Crippen molar-refractivity contribution in [2.45, 2.75) is 0 Å². The van der Waals surface area contributed by atoms with Crippen LogP contribution < -0.4 is 4.90 Å². The number of pyridine rings is 1. The van der Waals surface area contributed by atoms with Gasteiger partial charge in [-0.25, -0.2) is 9.97 Å². The second-order valence-electron chi connectivity index (χ2n) is 13.5. The molecule has 0 atom stereocenters. The van der Waals surface area contributed by atoms with Crippen molar-refractivity contribution >= 4 is 49.8 Å². The average Bonchev–Trinajstić information content (AvgIpc) is 3.69. The molecule has 0 saturated carbocycles. The molecule has 4 nitrogen and oxygen atoms in total. The van der Waals surface area contributed by atoms with Crippen molar-refractivity contribution in [2.24, 2.45) is 0 Å². The summed E-state index contributed by atoms with van der Waals surface area (Å²) in [5, 5.41) is 4.99. The lowest BCUT2D eigenvalue weighted by Gasteiger charge is -2.26. The molecule has 0 aliphatic carbocycles. The normalized spacial score (nSPS) is 11.3. The standard InChI is InChI=1S/C50H33N3O/c1-3-12-44-36(8-1)10-5-14-46(44)38-23-29-42(30-24-38)53(43-31-25-39(26-32-43)47-15-6-11-37-9-2-4-13-45(37)47)41-27-21-35(22-28-41)34-17-19-40(20-18-34)49-52-48-16-7-33-51-50(48)54-49/h1-33H. The van der Waals surface area contributed by atoms with Crippen LogP contribution in [0.2, 0.25) is 0 Å². The molecule has 10 aromatic rings. The van der Waals surface area contributed by atoms with Gasteiger partial charge in [-0.3, -0.25) is 0 Å². The highest BCUT2D eigenvalue weighted by atomic mass is 16.4. The van der Waals surface area contributed by atoms with Crippen LogP contribution in [0.25, 0.3) is 77.6 Å². The molecule has 2 aromatic heterocycles. The molecule has 2 heterocycles. The molecule has 0 saturated heterocycles. The van der Waals surface area contributed by atoms with Crippen molar-refractivity contribution < 1.29 is 4.42 Å². The molecule has 8 aromatic carbocycles. The molecule has 0 aliphatic heterocycles. The quantitative estimate of drug-likeness (QED) is 0.167. The fourth-order valence-corrected chi connectivity index (χ4v) is 7.48. The number of oxazole rings is 1. The van der Waals surface area contributed by atoms with E-state index in [9.17, 15) is 0 Å². The van der Waals surface area contributed by atoms with Gasteiger partial charge in [0.2, 0.25) is 11.6 Å². The van der Waals surface area contributed by atoms with E-state index in [1.165, 1.54) is 43.8 Å². The van der Waals surface area contributed by atoms with Crippen LogP contribution >= 0.6 is 0 Å². The third-order valence-corrected chi connectivity index (χ3v) is 10.2. The summed E-state index contributed by atoms with van der Waals surface area (Å²) in [6.45, 7) is 0. The summed E-state index contributed by atoms with van der Waals surface area (Å²) in [6, 6.07) is 68.9. The first-order valence-corrected chi connectivity index (χ1v) is 18.1. The zero-order valence-electron chi connectivity index (χ0n) is 29.3. The zero-order valence-corrected chi connectivity index (χ0v) is 29.3. The van der Waals surface area contributed by atoms with Crippen LogP contribution in [0.5, 0.6) is 0 Å². The molecule has 0 fully saturated rings. The van der Waals surface area contributed by atoms with E-state index < -0.39 is 0 Å². The first kappa shape index (κ1) is 31.4. The van der Waals surface area contributed by atoms with Crippen LogP contribution in [0.3, 0.4) is 0 Å². The van der Waals surface area contributed by atoms with Gasteiger partial charge in [0.15, 0.2) is 0 Å². The Hall–Kier alpha value is -7.30. The summed E-state index contributed by atoms with van der Waals surface area (Å²) in [5.41, 5.74) is 12.5. The molecule has 0 spiro atoms. The Labute approximate surface area is 313 Å². The molecule has 0 bridgehead atoms. The number of hydrogen-bond donors (Lipinski definition) is 0. The fraction of sp³-hybridized carbons (Fsp3) is 0. The predicted molar refractivity (Wildman–Crippen MR) is 223 cm³/mol. The summed E-state index contributed by atoms with van der Waals surface area (Å²) in [7, 11) is 0. The maximum atomic E-state index is 5.90. The van der Waals surface area contributed by atoms with E-state index in [-0.39, 0.29) is 0 Å². The van der Waals surface area contributed by atoms with Crippen LogP contribution in [-0.4, -0.2) is 9.97 Å². The Kier molecular flexibility index (Phi) is 7.77. The molecule has 0 unspecified atom stereocenters. The molecular formula is C50H33N3O. The Bertz CT molecular complexity index is 2740. The lowest BCUT2D eigenvalue weighted by molar-refractivity contribution is 0.608.